The van der Waals surface area contributed by atoms with E-state index in [9.17, 15) is 19.2 Å². The van der Waals surface area contributed by atoms with Crippen molar-refractivity contribution in [2.24, 2.45) is 23.7 Å². The molecule has 2 aromatic carbocycles. The SMILES string of the molecule is CC(C)CC(C(=O)NN1C(=O)NC(C(C)C)C1=O)[C@@H](CCCc1ccccc1)C(=O)NOCc1ccccc1. The summed E-state index contributed by atoms with van der Waals surface area (Å²) in [6, 6.07) is 18.0. The zero-order valence-electron chi connectivity index (χ0n) is 23.2. The highest BCUT2D eigenvalue weighted by molar-refractivity contribution is 6.05. The number of nitrogens with zero attached hydrogens (tertiary/aromatic N) is 1. The summed E-state index contributed by atoms with van der Waals surface area (Å²) in [5.74, 6) is -3.01. The molecule has 0 saturated carbocycles. The monoisotopic (exact) mass is 536 g/mol. The first-order chi connectivity index (χ1) is 18.7. The van der Waals surface area contributed by atoms with Gasteiger partial charge in [-0.3, -0.25) is 24.6 Å². The van der Waals surface area contributed by atoms with Crippen molar-refractivity contribution >= 4 is 23.8 Å². The Morgan fingerprint density at radius 1 is 0.897 bits per heavy atom. The number of aryl methyl sites for hydroxylation is 1. The summed E-state index contributed by atoms with van der Waals surface area (Å²) >= 11 is 0. The van der Waals surface area contributed by atoms with Crippen LogP contribution in [0.4, 0.5) is 4.79 Å². The van der Waals surface area contributed by atoms with Gasteiger partial charge in [-0.1, -0.05) is 88.4 Å². The fourth-order valence-corrected chi connectivity index (χ4v) is 4.74. The molecule has 0 radical (unpaired) electrons. The first-order valence-corrected chi connectivity index (χ1v) is 13.6. The first-order valence-electron chi connectivity index (χ1n) is 13.6. The summed E-state index contributed by atoms with van der Waals surface area (Å²) in [6.07, 6.45) is 2.23. The molecule has 0 spiro atoms. The standard InChI is InChI=1S/C30H40N4O5/c1-20(2)18-25(27(35)32-34-29(37)26(21(3)4)31-30(34)38)24(17-11-16-22-12-7-5-8-13-22)28(36)33-39-19-23-14-9-6-10-15-23/h5-10,12-15,20-21,24-26H,11,16-19H2,1-4H3,(H,31,38)(H,32,35)(H,33,36)/t24-,25?,26?/m1/s1. The average Bonchev–Trinajstić information content (AvgIpc) is 3.19. The van der Waals surface area contributed by atoms with Crippen LogP contribution in [0.3, 0.4) is 0 Å². The molecule has 5 amide bonds. The molecule has 1 aliphatic rings. The summed E-state index contributed by atoms with van der Waals surface area (Å²) in [5.41, 5.74) is 7.09. The maximum absolute atomic E-state index is 13.6. The zero-order valence-corrected chi connectivity index (χ0v) is 23.2. The third-order valence-corrected chi connectivity index (χ3v) is 6.82. The van der Waals surface area contributed by atoms with Crippen LogP contribution >= 0.6 is 0 Å². The fourth-order valence-electron chi connectivity index (χ4n) is 4.74. The van der Waals surface area contributed by atoms with Gasteiger partial charge in [-0.2, -0.15) is 5.01 Å². The Balaban J connectivity index is 1.75. The molecule has 1 fully saturated rings. The van der Waals surface area contributed by atoms with Crippen molar-refractivity contribution < 1.29 is 24.0 Å². The van der Waals surface area contributed by atoms with Crippen molar-refractivity contribution in [3.8, 4) is 0 Å². The van der Waals surface area contributed by atoms with Gasteiger partial charge in [-0.25, -0.2) is 10.3 Å². The number of rotatable bonds is 14. The van der Waals surface area contributed by atoms with Crippen LogP contribution in [0.25, 0.3) is 0 Å². The lowest BCUT2D eigenvalue weighted by Crippen LogP contribution is -2.51. The number of hydroxylamine groups is 1. The largest absolute Gasteiger partial charge is 0.344 e. The van der Waals surface area contributed by atoms with E-state index in [1.165, 1.54) is 0 Å². The second kappa shape index (κ2) is 14.4. The summed E-state index contributed by atoms with van der Waals surface area (Å²) < 4.78 is 0. The van der Waals surface area contributed by atoms with E-state index in [-0.39, 0.29) is 18.4 Å². The van der Waals surface area contributed by atoms with Gasteiger partial charge < -0.3 is 5.32 Å². The van der Waals surface area contributed by atoms with E-state index in [2.05, 4.69) is 16.2 Å². The number of hydrazine groups is 1. The molecular formula is C30H40N4O5. The Hall–Kier alpha value is -3.72. The Morgan fingerprint density at radius 2 is 1.51 bits per heavy atom. The predicted molar refractivity (Wildman–Crippen MR) is 147 cm³/mol. The van der Waals surface area contributed by atoms with Crippen molar-refractivity contribution in [2.45, 2.75) is 66.0 Å². The molecule has 210 valence electrons. The van der Waals surface area contributed by atoms with Crippen LogP contribution < -0.4 is 16.2 Å². The number of amides is 5. The Morgan fingerprint density at radius 3 is 2.08 bits per heavy atom. The van der Waals surface area contributed by atoms with Gasteiger partial charge in [0.15, 0.2) is 0 Å². The number of imide groups is 1. The molecule has 3 N–H and O–H groups in total. The summed E-state index contributed by atoms with van der Waals surface area (Å²) in [6.45, 7) is 7.75. The number of urea groups is 1. The summed E-state index contributed by atoms with van der Waals surface area (Å²) in [4.78, 5) is 57.8. The second-order valence-corrected chi connectivity index (χ2v) is 10.8. The summed E-state index contributed by atoms with van der Waals surface area (Å²) in [5, 5.41) is 3.35. The van der Waals surface area contributed by atoms with Crippen LogP contribution in [0.1, 0.15) is 58.1 Å². The van der Waals surface area contributed by atoms with E-state index in [1.807, 2.05) is 88.4 Å². The Bertz CT molecular complexity index is 1110. The average molecular weight is 537 g/mol. The van der Waals surface area contributed by atoms with E-state index in [0.29, 0.717) is 19.3 Å². The highest BCUT2D eigenvalue weighted by Crippen LogP contribution is 2.27. The molecule has 2 aromatic rings. The van der Waals surface area contributed by atoms with E-state index in [0.717, 1.165) is 22.6 Å². The van der Waals surface area contributed by atoms with Crippen LogP contribution in [0.5, 0.6) is 0 Å². The molecule has 0 aromatic heterocycles. The fraction of sp³-hybridized carbons (Fsp3) is 0.467. The van der Waals surface area contributed by atoms with Crippen molar-refractivity contribution in [3.05, 3.63) is 71.8 Å². The highest BCUT2D eigenvalue weighted by atomic mass is 16.6. The lowest BCUT2D eigenvalue weighted by Gasteiger charge is -2.28. The lowest BCUT2D eigenvalue weighted by atomic mass is 9.81. The van der Waals surface area contributed by atoms with E-state index >= 15 is 0 Å². The van der Waals surface area contributed by atoms with E-state index in [1.54, 1.807) is 0 Å². The van der Waals surface area contributed by atoms with Crippen LogP contribution in [0, 0.1) is 23.7 Å². The second-order valence-electron chi connectivity index (χ2n) is 10.8. The van der Waals surface area contributed by atoms with E-state index < -0.39 is 41.6 Å². The maximum Gasteiger partial charge on any atom is 0.344 e. The number of hydrogen-bond donors (Lipinski definition) is 3. The van der Waals surface area contributed by atoms with Crippen LogP contribution in [-0.2, 0) is 32.2 Å². The third-order valence-electron chi connectivity index (χ3n) is 6.82. The lowest BCUT2D eigenvalue weighted by molar-refractivity contribution is -0.147. The van der Waals surface area contributed by atoms with Gasteiger partial charge in [-0.05, 0) is 48.6 Å². The van der Waals surface area contributed by atoms with Crippen LogP contribution in [0.2, 0.25) is 0 Å². The minimum atomic E-state index is -0.778. The molecule has 3 rings (SSSR count). The summed E-state index contributed by atoms with van der Waals surface area (Å²) in [7, 11) is 0. The number of nitrogens with one attached hydrogen (secondary N) is 3. The molecule has 9 nitrogen and oxygen atoms in total. The molecule has 9 heteroatoms. The van der Waals surface area contributed by atoms with Gasteiger partial charge in [0.05, 0.1) is 18.4 Å². The minimum Gasteiger partial charge on any atom is -0.324 e. The molecule has 1 aliphatic heterocycles. The number of carbonyl (C=O) groups is 4. The molecule has 39 heavy (non-hydrogen) atoms. The highest BCUT2D eigenvalue weighted by Gasteiger charge is 2.43. The van der Waals surface area contributed by atoms with Gasteiger partial charge in [-0.15, -0.1) is 0 Å². The predicted octanol–water partition coefficient (Wildman–Crippen LogP) is 4.14. The molecule has 3 atom stereocenters. The molecule has 1 heterocycles. The minimum absolute atomic E-state index is 0.0851. The van der Waals surface area contributed by atoms with Gasteiger partial charge in [0, 0.05) is 0 Å². The van der Waals surface area contributed by atoms with Crippen LogP contribution in [-0.4, -0.2) is 34.8 Å². The Labute approximate surface area is 230 Å². The quantitative estimate of drug-likeness (QED) is 0.248. The van der Waals surface area contributed by atoms with Crippen LogP contribution in [0.15, 0.2) is 60.7 Å². The molecular weight excluding hydrogens is 496 g/mol. The maximum atomic E-state index is 13.6. The van der Waals surface area contributed by atoms with Crippen molar-refractivity contribution in [2.75, 3.05) is 0 Å². The van der Waals surface area contributed by atoms with Crippen molar-refractivity contribution in [3.63, 3.8) is 0 Å². The number of carbonyl (C=O) groups excluding carboxylic acids is 4. The zero-order chi connectivity index (χ0) is 28.4. The first kappa shape index (κ1) is 29.8. The van der Waals surface area contributed by atoms with Gasteiger partial charge in [0.25, 0.3) is 5.91 Å². The third kappa shape index (κ3) is 8.64. The molecule has 0 bridgehead atoms. The molecule has 2 unspecified atom stereocenters. The smallest absolute Gasteiger partial charge is 0.324 e. The number of benzene rings is 2. The van der Waals surface area contributed by atoms with Gasteiger partial charge in [0.2, 0.25) is 11.8 Å². The topological polar surface area (TPSA) is 117 Å². The molecule has 1 saturated heterocycles. The number of hydrogen-bond acceptors (Lipinski definition) is 5. The normalized spacial score (nSPS) is 16.8. The van der Waals surface area contributed by atoms with Gasteiger partial charge >= 0.3 is 6.03 Å². The van der Waals surface area contributed by atoms with Gasteiger partial charge in [0.1, 0.15) is 6.04 Å². The van der Waals surface area contributed by atoms with Crippen molar-refractivity contribution in [1.82, 2.24) is 21.2 Å². The molecule has 0 aliphatic carbocycles. The Kier molecular flexibility index (Phi) is 11.0. The van der Waals surface area contributed by atoms with E-state index in [4.69, 9.17) is 4.84 Å². The van der Waals surface area contributed by atoms with Crippen molar-refractivity contribution in [1.29, 1.82) is 0 Å².